The van der Waals surface area contributed by atoms with Gasteiger partial charge in [-0.05, 0) is 26.7 Å². The highest BCUT2D eigenvalue weighted by molar-refractivity contribution is 6.13. The fraction of sp³-hybridized carbons (Fsp3) is 0.818. The first-order valence-corrected chi connectivity index (χ1v) is 5.23. The third-order valence-corrected chi connectivity index (χ3v) is 4.87. The van der Waals surface area contributed by atoms with E-state index in [1.807, 2.05) is 13.8 Å². The van der Waals surface area contributed by atoms with Crippen molar-refractivity contribution in [2.45, 2.75) is 45.3 Å². The predicted molar refractivity (Wildman–Crippen MR) is 48.7 cm³/mol. The Kier molecular flexibility index (Phi) is 1.29. The van der Waals surface area contributed by atoms with Crippen LogP contribution in [-0.2, 0) is 14.3 Å². The Hall–Kier alpha value is -0.700. The molecule has 0 unspecified atom stereocenters. The molecule has 0 aromatic heterocycles. The van der Waals surface area contributed by atoms with Crippen LogP contribution in [-0.4, -0.2) is 23.8 Å². The molecule has 2 bridgehead atoms. The normalized spacial score (nSPS) is 55.6. The Bertz CT molecular complexity index is 316. The number of hydrogen-bond acceptors (Lipinski definition) is 3. The second kappa shape index (κ2) is 2.11. The van der Waals surface area contributed by atoms with Gasteiger partial charge >= 0.3 is 0 Å². The van der Waals surface area contributed by atoms with Gasteiger partial charge < -0.3 is 4.74 Å². The summed E-state index contributed by atoms with van der Waals surface area (Å²) in [6.45, 7) is 3.84. The Morgan fingerprint density at radius 3 is 1.93 bits per heavy atom. The van der Waals surface area contributed by atoms with E-state index in [2.05, 4.69) is 0 Å². The Morgan fingerprint density at radius 1 is 1.07 bits per heavy atom. The summed E-state index contributed by atoms with van der Waals surface area (Å²) >= 11 is 0. The molecule has 3 fully saturated rings. The van der Waals surface area contributed by atoms with E-state index in [-0.39, 0.29) is 30.2 Å². The van der Waals surface area contributed by atoms with E-state index < -0.39 is 10.8 Å². The summed E-state index contributed by atoms with van der Waals surface area (Å²) in [6, 6.07) is 0. The van der Waals surface area contributed by atoms with Crippen LogP contribution in [0.2, 0.25) is 0 Å². The Morgan fingerprint density at radius 2 is 1.50 bits per heavy atom. The van der Waals surface area contributed by atoms with E-state index in [0.717, 1.165) is 12.8 Å². The minimum Gasteiger partial charge on any atom is -0.373 e. The number of Topliss-reactive ketones (excluding diaryl/α,β-unsaturated/α-hetero) is 2. The van der Waals surface area contributed by atoms with Crippen molar-refractivity contribution in [3.63, 3.8) is 0 Å². The predicted octanol–water partition coefficient (Wildman–Crippen LogP) is 1.10. The van der Waals surface area contributed by atoms with Crippen LogP contribution in [0.1, 0.15) is 33.1 Å². The minimum atomic E-state index is -0.521. The van der Waals surface area contributed by atoms with Gasteiger partial charge in [0.1, 0.15) is 11.6 Å². The highest BCUT2D eigenvalue weighted by atomic mass is 16.5. The molecule has 1 aliphatic carbocycles. The summed E-state index contributed by atoms with van der Waals surface area (Å²) in [4.78, 5) is 23.8. The Labute approximate surface area is 82.8 Å². The third-order valence-electron chi connectivity index (χ3n) is 4.87. The van der Waals surface area contributed by atoms with Gasteiger partial charge in [0.15, 0.2) is 0 Å². The van der Waals surface area contributed by atoms with Crippen LogP contribution in [0, 0.1) is 10.8 Å². The molecule has 3 nitrogen and oxygen atoms in total. The third kappa shape index (κ3) is 0.584. The molecule has 0 spiro atoms. The molecule has 0 amide bonds. The highest BCUT2D eigenvalue weighted by Crippen LogP contribution is 2.64. The van der Waals surface area contributed by atoms with Crippen molar-refractivity contribution in [2.24, 2.45) is 10.8 Å². The van der Waals surface area contributed by atoms with Crippen LogP contribution in [0.3, 0.4) is 0 Å². The number of ketones is 2. The monoisotopic (exact) mass is 194 g/mol. The van der Waals surface area contributed by atoms with Crippen molar-refractivity contribution in [3.8, 4) is 0 Å². The van der Waals surface area contributed by atoms with Crippen LogP contribution >= 0.6 is 0 Å². The molecular formula is C11H14O3. The van der Waals surface area contributed by atoms with Gasteiger partial charge in [-0.3, -0.25) is 9.59 Å². The smallest absolute Gasteiger partial charge is 0.149 e. The maximum absolute atomic E-state index is 11.9. The van der Waals surface area contributed by atoms with E-state index in [0.29, 0.717) is 0 Å². The molecule has 14 heavy (non-hydrogen) atoms. The first-order chi connectivity index (χ1) is 6.51. The maximum Gasteiger partial charge on any atom is 0.149 e. The standard InChI is InChI=1S/C11H14O3/c1-10-6(12)5-7(13)11(10,2)9-4-3-8(10)14-9/h8-9H,3-5H2,1-2H3/t8-,9+,10-,11+. The van der Waals surface area contributed by atoms with E-state index >= 15 is 0 Å². The number of hydrogen-bond donors (Lipinski definition) is 0. The van der Waals surface area contributed by atoms with Gasteiger partial charge in [-0.25, -0.2) is 0 Å². The fourth-order valence-electron chi connectivity index (χ4n) is 3.61. The van der Waals surface area contributed by atoms with Crippen molar-refractivity contribution in [2.75, 3.05) is 0 Å². The summed E-state index contributed by atoms with van der Waals surface area (Å²) in [5, 5.41) is 0. The van der Waals surface area contributed by atoms with Crippen molar-refractivity contribution in [1.82, 2.24) is 0 Å². The molecule has 0 aromatic carbocycles. The molecule has 2 aliphatic heterocycles. The quantitative estimate of drug-likeness (QED) is 0.542. The first kappa shape index (κ1) is 8.60. The SMILES string of the molecule is C[C@@]12C(=O)CC(=O)[C@]1(C)[C@H]1CC[C@@H]2O1. The molecule has 76 valence electrons. The van der Waals surface area contributed by atoms with E-state index in [9.17, 15) is 9.59 Å². The van der Waals surface area contributed by atoms with E-state index in [1.165, 1.54) is 0 Å². The zero-order valence-electron chi connectivity index (χ0n) is 8.50. The van der Waals surface area contributed by atoms with Crippen molar-refractivity contribution in [1.29, 1.82) is 0 Å². The largest absolute Gasteiger partial charge is 0.373 e. The second-order valence-electron chi connectivity index (χ2n) is 5.12. The fourth-order valence-corrected chi connectivity index (χ4v) is 3.61. The summed E-state index contributed by atoms with van der Waals surface area (Å²) in [6.07, 6.45) is 2.00. The van der Waals surface area contributed by atoms with Gasteiger partial charge in [0.05, 0.1) is 29.5 Å². The number of ether oxygens (including phenoxy) is 1. The van der Waals surface area contributed by atoms with E-state index in [4.69, 9.17) is 4.74 Å². The molecular weight excluding hydrogens is 180 g/mol. The van der Waals surface area contributed by atoms with Crippen LogP contribution in [0.5, 0.6) is 0 Å². The number of fused-ring (bicyclic) bond motifs is 5. The molecule has 3 rings (SSSR count). The second-order valence-corrected chi connectivity index (χ2v) is 5.12. The van der Waals surface area contributed by atoms with E-state index in [1.54, 1.807) is 0 Å². The lowest BCUT2D eigenvalue weighted by molar-refractivity contribution is -0.132. The maximum atomic E-state index is 11.9. The van der Waals surface area contributed by atoms with Gasteiger partial charge in [0.25, 0.3) is 0 Å². The topological polar surface area (TPSA) is 43.4 Å². The summed E-state index contributed by atoms with van der Waals surface area (Å²) < 4.78 is 5.74. The van der Waals surface area contributed by atoms with Crippen LogP contribution in [0.4, 0.5) is 0 Å². The molecule has 0 N–H and O–H groups in total. The van der Waals surface area contributed by atoms with Crippen molar-refractivity contribution < 1.29 is 14.3 Å². The zero-order valence-corrected chi connectivity index (χ0v) is 8.50. The molecule has 4 atom stereocenters. The molecule has 2 saturated heterocycles. The van der Waals surface area contributed by atoms with Gasteiger partial charge in [-0.1, -0.05) is 0 Å². The number of rotatable bonds is 0. The number of carbonyl (C=O) groups is 2. The lowest BCUT2D eigenvalue weighted by atomic mass is 9.59. The molecule has 3 heteroatoms. The van der Waals surface area contributed by atoms with Gasteiger partial charge in [0, 0.05) is 0 Å². The summed E-state index contributed by atoms with van der Waals surface area (Å²) in [7, 11) is 0. The van der Waals surface area contributed by atoms with Gasteiger partial charge in [-0.15, -0.1) is 0 Å². The number of carbonyl (C=O) groups excluding carboxylic acids is 2. The average Bonchev–Trinajstić information content (AvgIpc) is 2.73. The minimum absolute atomic E-state index is 0.00329. The molecule has 3 aliphatic rings. The molecule has 2 heterocycles. The average molecular weight is 194 g/mol. The zero-order chi connectivity index (χ0) is 10.1. The molecule has 1 saturated carbocycles. The van der Waals surface area contributed by atoms with Crippen LogP contribution in [0.25, 0.3) is 0 Å². The summed E-state index contributed by atoms with van der Waals surface area (Å²) in [5.74, 6) is 0.189. The lowest BCUT2D eigenvalue weighted by Gasteiger charge is -2.38. The summed E-state index contributed by atoms with van der Waals surface area (Å²) in [5.41, 5.74) is -1.04. The highest BCUT2D eigenvalue weighted by Gasteiger charge is 2.73. The molecule has 0 aromatic rings. The van der Waals surface area contributed by atoms with Crippen LogP contribution in [0.15, 0.2) is 0 Å². The van der Waals surface area contributed by atoms with Crippen LogP contribution < -0.4 is 0 Å². The van der Waals surface area contributed by atoms with Gasteiger partial charge in [-0.2, -0.15) is 0 Å². The lowest BCUT2D eigenvalue weighted by Crippen LogP contribution is -2.48. The van der Waals surface area contributed by atoms with Gasteiger partial charge in [0.2, 0.25) is 0 Å². The van der Waals surface area contributed by atoms with Crippen molar-refractivity contribution in [3.05, 3.63) is 0 Å². The molecule has 0 radical (unpaired) electrons. The Balaban J connectivity index is 2.21. The van der Waals surface area contributed by atoms with Crippen molar-refractivity contribution >= 4 is 11.6 Å². The first-order valence-electron chi connectivity index (χ1n) is 5.23.